The summed E-state index contributed by atoms with van der Waals surface area (Å²) in [5, 5.41) is 0. The summed E-state index contributed by atoms with van der Waals surface area (Å²) in [5.74, 6) is 0. The largest absolute Gasteiger partial charge is 0.133 e. The summed E-state index contributed by atoms with van der Waals surface area (Å²) in [5.41, 5.74) is 0. The molecule has 0 aliphatic heterocycles. The van der Waals surface area contributed by atoms with Crippen molar-refractivity contribution >= 4 is 27.3 Å². The van der Waals surface area contributed by atoms with E-state index >= 15 is 0 Å². The van der Waals surface area contributed by atoms with E-state index < -0.39 is 0 Å². The van der Waals surface area contributed by atoms with Crippen molar-refractivity contribution in [1.29, 1.82) is 0 Å². The van der Waals surface area contributed by atoms with E-state index in [1.54, 1.807) is 0 Å². The van der Waals surface area contributed by atoms with Gasteiger partial charge in [-0.15, -0.1) is 11.3 Å². The van der Waals surface area contributed by atoms with Crippen LogP contribution in [0, 0.1) is 0 Å². The van der Waals surface area contributed by atoms with Gasteiger partial charge in [0.05, 0.1) is 3.79 Å². The quantitative estimate of drug-likeness (QED) is 0.583. The lowest BCUT2D eigenvalue weighted by atomic mass is 10.1. The average Bonchev–Trinajstić information content (AvgIpc) is 2.58. The van der Waals surface area contributed by atoms with Crippen molar-refractivity contribution in [3.05, 3.63) is 20.8 Å². The third-order valence-corrected chi connectivity index (χ3v) is 4.09. The topological polar surface area (TPSA) is 0 Å². The molecular formula is C12H19BrS. The van der Waals surface area contributed by atoms with Crippen molar-refractivity contribution in [2.75, 3.05) is 0 Å². The lowest BCUT2D eigenvalue weighted by molar-refractivity contribution is 0.609. The SMILES string of the molecule is CCCCCCCCc1ccc(Br)s1. The number of rotatable bonds is 7. The zero-order valence-electron chi connectivity index (χ0n) is 8.89. The number of thiophene rings is 1. The first-order valence-corrected chi connectivity index (χ1v) is 7.18. The second-order valence-electron chi connectivity index (χ2n) is 3.72. The van der Waals surface area contributed by atoms with Crippen molar-refractivity contribution in [1.82, 2.24) is 0 Å². The van der Waals surface area contributed by atoms with E-state index in [2.05, 4.69) is 35.0 Å². The number of halogens is 1. The van der Waals surface area contributed by atoms with Gasteiger partial charge in [-0.25, -0.2) is 0 Å². The maximum Gasteiger partial charge on any atom is 0.0701 e. The highest BCUT2D eigenvalue weighted by atomic mass is 79.9. The fourth-order valence-corrected chi connectivity index (χ4v) is 3.09. The van der Waals surface area contributed by atoms with Gasteiger partial charge in [-0.2, -0.15) is 0 Å². The van der Waals surface area contributed by atoms with Crippen LogP contribution in [0.25, 0.3) is 0 Å². The van der Waals surface area contributed by atoms with Crippen molar-refractivity contribution in [3.63, 3.8) is 0 Å². The van der Waals surface area contributed by atoms with Gasteiger partial charge in [-0.1, -0.05) is 39.0 Å². The second kappa shape index (κ2) is 7.47. The smallest absolute Gasteiger partial charge is 0.0701 e. The zero-order chi connectivity index (χ0) is 10.2. The molecule has 1 aromatic rings. The molecule has 0 aliphatic rings. The van der Waals surface area contributed by atoms with Gasteiger partial charge >= 0.3 is 0 Å². The van der Waals surface area contributed by atoms with Crippen LogP contribution in [-0.4, -0.2) is 0 Å². The highest BCUT2D eigenvalue weighted by molar-refractivity contribution is 9.11. The van der Waals surface area contributed by atoms with Crippen LogP contribution in [0.1, 0.15) is 50.3 Å². The molecule has 0 saturated carbocycles. The van der Waals surface area contributed by atoms with Crippen molar-refractivity contribution in [3.8, 4) is 0 Å². The van der Waals surface area contributed by atoms with Crippen LogP contribution in [0.3, 0.4) is 0 Å². The summed E-state index contributed by atoms with van der Waals surface area (Å²) in [4.78, 5) is 1.52. The van der Waals surface area contributed by atoms with E-state index in [-0.39, 0.29) is 0 Å². The van der Waals surface area contributed by atoms with E-state index in [4.69, 9.17) is 0 Å². The molecule has 0 radical (unpaired) electrons. The van der Waals surface area contributed by atoms with Crippen LogP contribution < -0.4 is 0 Å². The molecule has 0 N–H and O–H groups in total. The van der Waals surface area contributed by atoms with Gasteiger partial charge in [0.2, 0.25) is 0 Å². The first-order chi connectivity index (χ1) is 6.83. The molecule has 0 saturated heterocycles. The van der Waals surface area contributed by atoms with Gasteiger partial charge in [0.1, 0.15) is 0 Å². The highest BCUT2D eigenvalue weighted by Gasteiger charge is 1.97. The van der Waals surface area contributed by atoms with Gasteiger partial charge in [-0.05, 0) is 40.9 Å². The van der Waals surface area contributed by atoms with Crippen molar-refractivity contribution in [2.24, 2.45) is 0 Å². The molecule has 1 rings (SSSR count). The molecule has 0 amide bonds. The molecule has 0 unspecified atom stereocenters. The molecule has 0 atom stereocenters. The van der Waals surface area contributed by atoms with Gasteiger partial charge in [0.25, 0.3) is 0 Å². The molecule has 0 aliphatic carbocycles. The van der Waals surface area contributed by atoms with Gasteiger partial charge in [0, 0.05) is 4.88 Å². The lowest BCUT2D eigenvalue weighted by Gasteiger charge is -1.98. The van der Waals surface area contributed by atoms with Crippen LogP contribution in [-0.2, 0) is 6.42 Å². The monoisotopic (exact) mass is 274 g/mol. The summed E-state index contributed by atoms with van der Waals surface area (Å²) >= 11 is 5.37. The predicted octanol–water partition coefficient (Wildman–Crippen LogP) is 5.41. The summed E-state index contributed by atoms with van der Waals surface area (Å²) in [6, 6.07) is 4.39. The Balaban J connectivity index is 1.99. The van der Waals surface area contributed by atoms with Gasteiger partial charge < -0.3 is 0 Å². The second-order valence-corrected chi connectivity index (χ2v) is 6.27. The zero-order valence-corrected chi connectivity index (χ0v) is 11.3. The summed E-state index contributed by atoms with van der Waals surface area (Å²) in [6.07, 6.45) is 9.61. The highest BCUT2D eigenvalue weighted by Crippen LogP contribution is 2.23. The summed E-state index contributed by atoms with van der Waals surface area (Å²) in [7, 11) is 0. The van der Waals surface area contributed by atoms with Crippen LogP contribution >= 0.6 is 27.3 Å². The molecule has 0 spiro atoms. The maximum absolute atomic E-state index is 3.49. The maximum atomic E-state index is 3.49. The minimum Gasteiger partial charge on any atom is -0.133 e. The van der Waals surface area contributed by atoms with Gasteiger partial charge in [-0.3, -0.25) is 0 Å². The van der Waals surface area contributed by atoms with E-state index in [0.717, 1.165) is 0 Å². The third kappa shape index (κ3) is 5.16. The van der Waals surface area contributed by atoms with E-state index in [9.17, 15) is 0 Å². The first-order valence-electron chi connectivity index (χ1n) is 5.57. The fourth-order valence-electron chi connectivity index (χ4n) is 1.57. The predicted molar refractivity (Wildman–Crippen MR) is 69.1 cm³/mol. The average molecular weight is 275 g/mol. The minimum atomic E-state index is 1.26. The molecule has 0 fully saturated rings. The first kappa shape index (κ1) is 12.3. The Morgan fingerprint density at radius 2 is 1.79 bits per heavy atom. The molecule has 1 aromatic heterocycles. The number of unbranched alkanes of at least 4 members (excludes halogenated alkanes) is 5. The Bertz CT molecular complexity index is 242. The van der Waals surface area contributed by atoms with Crippen molar-refractivity contribution < 1.29 is 0 Å². The Kier molecular flexibility index (Phi) is 6.54. The molecule has 14 heavy (non-hydrogen) atoms. The van der Waals surface area contributed by atoms with Crippen LogP contribution in [0.5, 0.6) is 0 Å². The standard InChI is InChI=1S/C12H19BrS/c1-2-3-4-5-6-7-8-11-9-10-12(13)14-11/h9-10H,2-8H2,1H3. The normalized spacial score (nSPS) is 10.7. The molecule has 1 heterocycles. The third-order valence-electron chi connectivity index (χ3n) is 2.41. The van der Waals surface area contributed by atoms with E-state index in [1.165, 1.54) is 53.6 Å². The van der Waals surface area contributed by atoms with Crippen LogP contribution in [0.2, 0.25) is 0 Å². The van der Waals surface area contributed by atoms with Crippen LogP contribution in [0.15, 0.2) is 15.9 Å². The molecular weight excluding hydrogens is 256 g/mol. The summed E-state index contributed by atoms with van der Waals surface area (Å²) in [6.45, 7) is 2.27. The van der Waals surface area contributed by atoms with Crippen molar-refractivity contribution in [2.45, 2.75) is 51.9 Å². The Morgan fingerprint density at radius 1 is 1.07 bits per heavy atom. The lowest BCUT2D eigenvalue weighted by Crippen LogP contribution is -1.82. The van der Waals surface area contributed by atoms with Crippen LogP contribution in [0.4, 0.5) is 0 Å². The fraction of sp³-hybridized carbons (Fsp3) is 0.667. The number of hydrogen-bond acceptors (Lipinski definition) is 1. The van der Waals surface area contributed by atoms with E-state index in [1.807, 2.05) is 11.3 Å². The van der Waals surface area contributed by atoms with Gasteiger partial charge in [0.15, 0.2) is 0 Å². The number of aryl methyl sites for hydroxylation is 1. The molecule has 0 bridgehead atoms. The Hall–Kier alpha value is 0.180. The minimum absolute atomic E-state index is 1.26. The molecule has 80 valence electrons. The molecule has 0 nitrogen and oxygen atoms in total. The summed E-state index contributed by atoms with van der Waals surface area (Å²) < 4.78 is 1.26. The molecule has 2 heteroatoms. The van der Waals surface area contributed by atoms with E-state index in [0.29, 0.717) is 0 Å². The Morgan fingerprint density at radius 3 is 2.43 bits per heavy atom. The molecule has 0 aromatic carbocycles. The Labute approximate surface area is 99.9 Å². The number of hydrogen-bond donors (Lipinski definition) is 0.